The molecule has 1 aliphatic carbocycles. The molecule has 2 aromatic carbocycles. The van der Waals surface area contributed by atoms with Crippen molar-refractivity contribution in [1.82, 2.24) is 9.80 Å². The molecule has 1 fully saturated rings. The molecule has 2 aromatic rings. The number of nitriles is 1. The number of halogens is 1. The van der Waals surface area contributed by atoms with Gasteiger partial charge in [-0.25, -0.2) is 4.39 Å². The van der Waals surface area contributed by atoms with Gasteiger partial charge in [-0.3, -0.25) is 9.69 Å². The summed E-state index contributed by atoms with van der Waals surface area (Å²) < 4.78 is 13.6. The van der Waals surface area contributed by atoms with Crippen LogP contribution in [-0.4, -0.2) is 47.9 Å². The summed E-state index contributed by atoms with van der Waals surface area (Å²) in [6.45, 7) is 2.93. The van der Waals surface area contributed by atoms with Gasteiger partial charge in [-0.1, -0.05) is 24.3 Å². The smallest absolute Gasteiger partial charge is 0.254 e. The largest absolute Gasteiger partial charge is 0.336 e. The van der Waals surface area contributed by atoms with E-state index in [2.05, 4.69) is 29.2 Å². The van der Waals surface area contributed by atoms with Gasteiger partial charge >= 0.3 is 0 Å². The maximum atomic E-state index is 13.6. The van der Waals surface area contributed by atoms with Crippen molar-refractivity contribution in [3.05, 3.63) is 70.5 Å². The number of hydrogen-bond acceptors (Lipinski definition) is 3. The summed E-state index contributed by atoms with van der Waals surface area (Å²) in [6, 6.07) is 14.9. The third-order valence-corrected chi connectivity index (χ3v) is 5.71. The summed E-state index contributed by atoms with van der Waals surface area (Å²) in [5.41, 5.74) is 3.34. The van der Waals surface area contributed by atoms with E-state index < -0.39 is 5.82 Å². The van der Waals surface area contributed by atoms with Crippen LogP contribution in [0.5, 0.6) is 0 Å². The zero-order valence-electron chi connectivity index (χ0n) is 15.2. The van der Waals surface area contributed by atoms with Crippen molar-refractivity contribution in [3.63, 3.8) is 0 Å². The predicted octanol–water partition coefficient (Wildman–Crippen LogP) is 3.01. The summed E-state index contributed by atoms with van der Waals surface area (Å²) in [4.78, 5) is 16.9. The van der Waals surface area contributed by atoms with Crippen LogP contribution in [0.2, 0.25) is 0 Å². The van der Waals surface area contributed by atoms with Gasteiger partial charge in [0.15, 0.2) is 0 Å². The second-order valence-electron chi connectivity index (χ2n) is 7.33. The molecule has 1 aliphatic heterocycles. The Kier molecular flexibility index (Phi) is 4.91. The van der Waals surface area contributed by atoms with Crippen molar-refractivity contribution in [3.8, 4) is 6.07 Å². The number of rotatable bonds is 2. The fraction of sp³-hybridized carbons (Fsp3) is 0.364. The lowest BCUT2D eigenvalue weighted by Gasteiger charge is -2.41. The molecule has 27 heavy (non-hydrogen) atoms. The zero-order chi connectivity index (χ0) is 18.8. The molecule has 0 bridgehead atoms. The first-order chi connectivity index (χ1) is 13.1. The third-order valence-electron chi connectivity index (χ3n) is 5.71. The van der Waals surface area contributed by atoms with Crippen LogP contribution in [-0.2, 0) is 12.8 Å². The second-order valence-corrected chi connectivity index (χ2v) is 7.33. The van der Waals surface area contributed by atoms with Gasteiger partial charge in [0.25, 0.3) is 5.91 Å². The highest BCUT2D eigenvalue weighted by Gasteiger charge is 2.29. The van der Waals surface area contributed by atoms with Crippen LogP contribution in [0.25, 0.3) is 0 Å². The first kappa shape index (κ1) is 17.7. The molecule has 4 rings (SSSR count). The van der Waals surface area contributed by atoms with Crippen LogP contribution in [0.1, 0.15) is 33.5 Å². The van der Waals surface area contributed by atoms with E-state index in [1.54, 1.807) is 4.90 Å². The lowest BCUT2D eigenvalue weighted by molar-refractivity contribution is 0.0552. The van der Waals surface area contributed by atoms with Crippen molar-refractivity contribution in [2.75, 3.05) is 26.2 Å². The topological polar surface area (TPSA) is 47.3 Å². The van der Waals surface area contributed by atoms with E-state index >= 15 is 0 Å². The van der Waals surface area contributed by atoms with Crippen molar-refractivity contribution in [2.24, 2.45) is 0 Å². The standard InChI is InChI=1S/C22H22FN3O/c23-20-12-16(15-24)11-19(13-20)22(27)26-9-7-25(8-10-26)21-6-5-17-3-1-2-4-18(17)14-21/h1-4,11-13,21H,5-10,14H2/t21-/m1/s1. The Morgan fingerprint density at radius 1 is 1.07 bits per heavy atom. The Bertz CT molecular complexity index is 897. The van der Waals surface area contributed by atoms with Gasteiger partial charge in [0.2, 0.25) is 0 Å². The third kappa shape index (κ3) is 3.72. The average Bonchev–Trinajstić information content (AvgIpc) is 2.72. The van der Waals surface area contributed by atoms with E-state index in [9.17, 15) is 9.18 Å². The number of carbonyl (C=O) groups is 1. The number of amides is 1. The number of fused-ring (bicyclic) bond motifs is 1. The highest BCUT2D eigenvalue weighted by molar-refractivity contribution is 5.94. The van der Waals surface area contributed by atoms with Crippen LogP contribution in [0.4, 0.5) is 4.39 Å². The summed E-state index contributed by atoms with van der Waals surface area (Å²) in [5, 5.41) is 8.98. The van der Waals surface area contributed by atoms with Gasteiger partial charge in [-0.15, -0.1) is 0 Å². The van der Waals surface area contributed by atoms with Gasteiger partial charge in [0, 0.05) is 37.8 Å². The molecule has 0 spiro atoms. The molecule has 1 saturated heterocycles. The minimum Gasteiger partial charge on any atom is -0.336 e. The van der Waals surface area contributed by atoms with Gasteiger partial charge in [-0.2, -0.15) is 5.26 Å². The molecule has 0 radical (unpaired) electrons. The molecule has 0 saturated carbocycles. The minimum absolute atomic E-state index is 0.179. The lowest BCUT2D eigenvalue weighted by atomic mass is 9.87. The van der Waals surface area contributed by atoms with Crippen LogP contribution in [0.15, 0.2) is 42.5 Å². The van der Waals surface area contributed by atoms with Gasteiger partial charge < -0.3 is 4.90 Å². The van der Waals surface area contributed by atoms with Gasteiger partial charge in [0.05, 0.1) is 11.6 Å². The molecule has 1 atom stereocenters. The van der Waals surface area contributed by atoms with Crippen LogP contribution in [0.3, 0.4) is 0 Å². The summed E-state index contributed by atoms with van der Waals surface area (Å²) in [7, 11) is 0. The van der Waals surface area contributed by atoms with E-state index in [1.807, 2.05) is 6.07 Å². The maximum Gasteiger partial charge on any atom is 0.254 e. The maximum absolute atomic E-state index is 13.6. The highest BCUT2D eigenvalue weighted by Crippen LogP contribution is 2.25. The molecule has 138 valence electrons. The molecule has 5 heteroatoms. The first-order valence-electron chi connectivity index (χ1n) is 9.45. The normalized spacial score (nSPS) is 20.0. The predicted molar refractivity (Wildman–Crippen MR) is 101 cm³/mol. The number of hydrogen-bond donors (Lipinski definition) is 0. The first-order valence-corrected chi connectivity index (χ1v) is 9.45. The quantitative estimate of drug-likeness (QED) is 0.824. The minimum atomic E-state index is -0.545. The molecule has 1 heterocycles. The number of aryl methyl sites for hydroxylation is 1. The van der Waals surface area contributed by atoms with Crippen LogP contribution < -0.4 is 0 Å². The van der Waals surface area contributed by atoms with Crippen LogP contribution >= 0.6 is 0 Å². The van der Waals surface area contributed by atoms with Gasteiger partial charge in [0.1, 0.15) is 5.82 Å². The monoisotopic (exact) mass is 363 g/mol. The Hall–Kier alpha value is -2.71. The average molecular weight is 363 g/mol. The number of piperazine rings is 1. The summed E-state index contributed by atoms with van der Waals surface area (Å²) in [6.07, 6.45) is 3.33. The summed E-state index contributed by atoms with van der Waals surface area (Å²) in [5.74, 6) is -0.739. The zero-order valence-corrected chi connectivity index (χ0v) is 15.2. The van der Waals surface area contributed by atoms with Crippen molar-refractivity contribution < 1.29 is 9.18 Å². The van der Waals surface area contributed by atoms with Crippen LogP contribution in [0, 0.1) is 17.1 Å². The Labute approximate surface area is 158 Å². The molecule has 0 aromatic heterocycles. The van der Waals surface area contributed by atoms with Crippen molar-refractivity contribution >= 4 is 5.91 Å². The number of carbonyl (C=O) groups excluding carboxylic acids is 1. The fourth-order valence-electron chi connectivity index (χ4n) is 4.24. The fourth-order valence-corrected chi connectivity index (χ4v) is 4.24. The van der Waals surface area contributed by atoms with E-state index in [4.69, 9.17) is 5.26 Å². The van der Waals surface area contributed by atoms with E-state index in [1.165, 1.54) is 23.3 Å². The van der Waals surface area contributed by atoms with Crippen molar-refractivity contribution in [2.45, 2.75) is 25.3 Å². The molecular weight excluding hydrogens is 341 g/mol. The molecule has 0 unspecified atom stereocenters. The van der Waals surface area contributed by atoms with E-state index in [0.29, 0.717) is 19.1 Å². The Balaban J connectivity index is 1.39. The molecule has 1 amide bonds. The lowest BCUT2D eigenvalue weighted by Crippen LogP contribution is -2.53. The molecule has 4 nitrogen and oxygen atoms in total. The number of nitrogens with zero attached hydrogens (tertiary/aromatic N) is 3. The van der Waals surface area contributed by atoms with Crippen molar-refractivity contribution in [1.29, 1.82) is 5.26 Å². The number of benzene rings is 2. The highest BCUT2D eigenvalue weighted by atomic mass is 19.1. The SMILES string of the molecule is N#Cc1cc(F)cc(C(=O)N2CCN([C@@H]3CCc4ccccc4C3)CC2)c1. The Morgan fingerprint density at radius 2 is 1.81 bits per heavy atom. The van der Waals surface area contributed by atoms with E-state index in [-0.39, 0.29) is 17.0 Å². The summed E-state index contributed by atoms with van der Waals surface area (Å²) >= 11 is 0. The van der Waals surface area contributed by atoms with E-state index in [0.717, 1.165) is 38.4 Å². The Morgan fingerprint density at radius 3 is 2.56 bits per heavy atom. The molecular formula is C22H22FN3O. The molecule has 2 aliphatic rings. The second kappa shape index (κ2) is 7.50. The van der Waals surface area contributed by atoms with Gasteiger partial charge in [-0.05, 0) is 48.6 Å². The molecule has 0 N–H and O–H groups in total.